The van der Waals surface area contributed by atoms with Crippen molar-refractivity contribution in [2.24, 2.45) is 4.99 Å². The van der Waals surface area contributed by atoms with Crippen molar-refractivity contribution in [3.05, 3.63) is 75.0 Å². The van der Waals surface area contributed by atoms with Crippen molar-refractivity contribution in [3.8, 4) is 11.5 Å². The highest BCUT2D eigenvalue weighted by Gasteiger charge is 2.25. The van der Waals surface area contributed by atoms with E-state index in [2.05, 4.69) is 32.3 Å². The van der Waals surface area contributed by atoms with E-state index in [1.807, 2.05) is 42.5 Å². The van der Waals surface area contributed by atoms with Gasteiger partial charge in [0.25, 0.3) is 0 Å². The fourth-order valence-electron chi connectivity index (χ4n) is 3.17. The number of methoxy groups -OCH3 is 2. The van der Waals surface area contributed by atoms with Crippen molar-refractivity contribution in [3.63, 3.8) is 0 Å². The Kier molecular flexibility index (Phi) is 6.40. The minimum Gasteiger partial charge on any atom is -0.493 e. The van der Waals surface area contributed by atoms with Gasteiger partial charge in [0.2, 0.25) is 5.90 Å². The molecule has 0 aromatic heterocycles. The summed E-state index contributed by atoms with van der Waals surface area (Å²) >= 11 is 2.07. The molecule has 0 amide bonds. The number of ether oxygens (including phenoxy) is 4. The maximum atomic E-state index is 12.4. The van der Waals surface area contributed by atoms with Gasteiger partial charge in [0.1, 0.15) is 0 Å². The molecule has 7 nitrogen and oxygen atoms in total. The number of rotatable bonds is 6. The quantitative estimate of drug-likeness (QED) is 0.261. The van der Waals surface area contributed by atoms with E-state index in [1.54, 1.807) is 18.2 Å². The van der Waals surface area contributed by atoms with Gasteiger partial charge in [0.05, 0.1) is 17.8 Å². The number of nitrogens with zero attached hydrogens (tertiary/aromatic N) is 1. The summed E-state index contributed by atoms with van der Waals surface area (Å²) in [5, 5.41) is 2.12. The molecule has 0 saturated carbocycles. The minimum atomic E-state index is -0.534. The normalized spacial score (nSPS) is 14.3. The smallest absolute Gasteiger partial charge is 0.363 e. The van der Waals surface area contributed by atoms with Crippen molar-refractivity contribution < 1.29 is 28.5 Å². The molecule has 1 aliphatic heterocycles. The van der Waals surface area contributed by atoms with Crippen LogP contribution in [0.1, 0.15) is 11.1 Å². The number of benzene rings is 3. The van der Waals surface area contributed by atoms with Crippen LogP contribution in [0.2, 0.25) is 0 Å². The van der Waals surface area contributed by atoms with Gasteiger partial charge in [-0.2, -0.15) is 0 Å². The number of esters is 2. The summed E-state index contributed by atoms with van der Waals surface area (Å²) in [7, 11) is 2.78. The highest BCUT2D eigenvalue weighted by Crippen LogP contribution is 2.35. The molecule has 0 atom stereocenters. The van der Waals surface area contributed by atoms with Crippen LogP contribution < -0.4 is 9.47 Å². The van der Waals surface area contributed by atoms with E-state index >= 15 is 0 Å². The number of halogens is 1. The van der Waals surface area contributed by atoms with E-state index in [0.29, 0.717) is 20.6 Å². The third-order valence-corrected chi connectivity index (χ3v) is 5.54. The summed E-state index contributed by atoms with van der Waals surface area (Å²) in [6.45, 7) is -0.241. The minimum absolute atomic E-state index is 0.175. The van der Waals surface area contributed by atoms with Gasteiger partial charge in [-0.3, -0.25) is 0 Å². The number of aliphatic imine (C=N–C) groups is 1. The third kappa shape index (κ3) is 4.59. The fraction of sp³-hybridized carbons (Fsp3) is 0.125. The Morgan fingerprint density at radius 3 is 2.62 bits per heavy atom. The first-order chi connectivity index (χ1) is 15.5. The Balaban J connectivity index is 1.63. The molecule has 8 heteroatoms. The fourth-order valence-corrected chi connectivity index (χ4v) is 3.95. The van der Waals surface area contributed by atoms with Crippen LogP contribution in [0.15, 0.2) is 65.3 Å². The van der Waals surface area contributed by atoms with Crippen molar-refractivity contribution >= 4 is 57.3 Å². The Labute approximate surface area is 197 Å². The summed E-state index contributed by atoms with van der Waals surface area (Å²) in [4.78, 5) is 28.2. The van der Waals surface area contributed by atoms with Gasteiger partial charge in [-0.25, -0.2) is 14.6 Å². The first-order valence-electron chi connectivity index (χ1n) is 9.57. The summed E-state index contributed by atoms with van der Waals surface area (Å²) in [5.74, 6) is 0.0471. The highest BCUT2D eigenvalue weighted by atomic mass is 127. The Morgan fingerprint density at radius 1 is 1.09 bits per heavy atom. The van der Waals surface area contributed by atoms with Crippen LogP contribution in [0, 0.1) is 3.57 Å². The molecule has 0 aliphatic carbocycles. The van der Waals surface area contributed by atoms with Crippen LogP contribution in [-0.2, 0) is 19.1 Å². The van der Waals surface area contributed by atoms with Gasteiger partial charge in [0.15, 0.2) is 23.8 Å². The molecule has 0 saturated heterocycles. The number of carbonyl (C=O) groups is 2. The molecule has 32 heavy (non-hydrogen) atoms. The van der Waals surface area contributed by atoms with Crippen LogP contribution in [-0.4, -0.2) is 38.7 Å². The van der Waals surface area contributed by atoms with Crippen molar-refractivity contribution in [1.29, 1.82) is 0 Å². The van der Waals surface area contributed by atoms with E-state index in [0.717, 1.165) is 16.3 Å². The second-order valence-electron chi connectivity index (χ2n) is 6.80. The average molecular weight is 543 g/mol. The molecule has 0 spiro atoms. The lowest BCUT2D eigenvalue weighted by Gasteiger charge is -2.12. The van der Waals surface area contributed by atoms with Gasteiger partial charge in [0, 0.05) is 5.56 Å². The summed E-state index contributed by atoms with van der Waals surface area (Å²) in [6, 6.07) is 17.2. The molecule has 4 rings (SSSR count). The van der Waals surface area contributed by atoms with Gasteiger partial charge in [-0.05, 0) is 69.3 Å². The number of carbonyl (C=O) groups excluding carboxylic acids is 2. The molecule has 0 unspecified atom stereocenters. The maximum absolute atomic E-state index is 12.4. The molecule has 162 valence electrons. The molecular weight excluding hydrogens is 525 g/mol. The Morgan fingerprint density at radius 2 is 1.88 bits per heavy atom. The zero-order valence-corrected chi connectivity index (χ0v) is 19.4. The lowest BCUT2D eigenvalue weighted by molar-refractivity contribution is -0.143. The average Bonchev–Trinajstić information content (AvgIpc) is 3.17. The van der Waals surface area contributed by atoms with Gasteiger partial charge in [-0.15, -0.1) is 0 Å². The van der Waals surface area contributed by atoms with E-state index in [1.165, 1.54) is 14.2 Å². The van der Waals surface area contributed by atoms with Crippen LogP contribution in [0.25, 0.3) is 16.8 Å². The molecule has 0 radical (unpaired) electrons. The molecule has 1 heterocycles. The molecular formula is C24H18INO6. The molecule has 0 bridgehead atoms. The molecule has 0 N–H and O–H groups in total. The first-order valence-corrected chi connectivity index (χ1v) is 10.6. The van der Waals surface area contributed by atoms with E-state index in [4.69, 9.17) is 14.2 Å². The van der Waals surface area contributed by atoms with Crippen molar-refractivity contribution in [1.82, 2.24) is 0 Å². The highest BCUT2D eigenvalue weighted by molar-refractivity contribution is 14.1. The van der Waals surface area contributed by atoms with E-state index in [-0.39, 0.29) is 18.2 Å². The predicted molar refractivity (Wildman–Crippen MR) is 128 cm³/mol. The first kappa shape index (κ1) is 21.8. The monoisotopic (exact) mass is 543 g/mol. The number of fused-ring (bicyclic) bond motifs is 1. The molecule has 3 aromatic carbocycles. The van der Waals surface area contributed by atoms with Crippen molar-refractivity contribution in [2.75, 3.05) is 20.8 Å². The summed E-state index contributed by atoms with van der Waals surface area (Å²) in [6.07, 6.45) is 1.62. The standard InChI is InChI=1S/C24H18INO6/c1-29-20-11-14(9-18(25)22(20)31-13-21(27)30-2)10-19-24(28)32-23(26-19)17-8-7-15-5-3-4-6-16(15)12-17/h3-12H,13H2,1-2H3/b19-10-. The van der Waals surface area contributed by atoms with Crippen LogP contribution in [0.4, 0.5) is 0 Å². The van der Waals surface area contributed by atoms with Crippen molar-refractivity contribution in [2.45, 2.75) is 0 Å². The number of cyclic esters (lactones) is 1. The van der Waals surface area contributed by atoms with E-state index in [9.17, 15) is 9.59 Å². The lowest BCUT2D eigenvalue weighted by Crippen LogP contribution is -2.13. The molecule has 1 aliphatic rings. The van der Waals surface area contributed by atoms with Gasteiger partial charge in [-0.1, -0.05) is 30.3 Å². The van der Waals surface area contributed by atoms with Crippen LogP contribution in [0.3, 0.4) is 0 Å². The second-order valence-corrected chi connectivity index (χ2v) is 7.96. The SMILES string of the molecule is COC(=O)COc1c(I)cc(/C=C2\N=C(c3ccc4ccccc4c3)OC2=O)cc1OC. The summed E-state index contributed by atoms with van der Waals surface area (Å²) < 4.78 is 21.6. The van der Waals surface area contributed by atoms with Crippen LogP contribution >= 0.6 is 22.6 Å². The Bertz CT molecular complexity index is 1280. The predicted octanol–water partition coefficient (Wildman–Crippen LogP) is 4.35. The van der Waals surface area contributed by atoms with Gasteiger partial charge >= 0.3 is 11.9 Å². The molecule has 3 aromatic rings. The van der Waals surface area contributed by atoms with E-state index < -0.39 is 11.9 Å². The maximum Gasteiger partial charge on any atom is 0.363 e. The zero-order chi connectivity index (χ0) is 22.7. The summed E-state index contributed by atoms with van der Waals surface area (Å²) in [5.41, 5.74) is 1.57. The van der Waals surface area contributed by atoms with Gasteiger partial charge < -0.3 is 18.9 Å². The number of hydrogen-bond acceptors (Lipinski definition) is 7. The lowest BCUT2D eigenvalue weighted by atomic mass is 10.1. The molecule has 0 fully saturated rings. The second kappa shape index (κ2) is 9.39. The van der Waals surface area contributed by atoms with Crippen LogP contribution in [0.5, 0.6) is 11.5 Å². The third-order valence-electron chi connectivity index (χ3n) is 4.73. The topological polar surface area (TPSA) is 83.4 Å². The number of hydrogen-bond donors (Lipinski definition) is 0. The zero-order valence-electron chi connectivity index (χ0n) is 17.3. The Hall–Kier alpha value is -3.40. The largest absolute Gasteiger partial charge is 0.493 e.